The summed E-state index contributed by atoms with van der Waals surface area (Å²) < 4.78 is 6.59. The van der Waals surface area contributed by atoms with E-state index < -0.39 is 5.41 Å². The van der Waals surface area contributed by atoms with E-state index in [9.17, 15) is 4.79 Å². The van der Waals surface area contributed by atoms with Crippen LogP contribution in [-0.2, 0) is 14.9 Å². The molecular weight excluding hydrogens is 220 g/mol. The molecule has 0 N–H and O–H groups in total. The van der Waals surface area contributed by atoms with E-state index in [1.165, 1.54) is 7.11 Å². The van der Waals surface area contributed by atoms with Gasteiger partial charge in [0.25, 0.3) is 0 Å². The number of aryl methyl sites for hydroxylation is 1. The molecule has 17 heavy (non-hydrogen) atoms. The highest BCUT2D eigenvalue weighted by molar-refractivity contribution is 5.85. The second-order valence-electron chi connectivity index (χ2n) is 4.36. The van der Waals surface area contributed by atoms with Crippen LogP contribution < -0.4 is 0 Å². The van der Waals surface area contributed by atoms with Gasteiger partial charge in [0, 0.05) is 11.8 Å². The molecule has 2 heterocycles. The normalized spacial score (nSPS) is 17.1. The van der Waals surface area contributed by atoms with Crippen molar-refractivity contribution in [3.63, 3.8) is 0 Å². The fraction of sp³-hybridized carbons (Fsp3) is 0.455. The van der Waals surface area contributed by atoms with Crippen molar-refractivity contribution in [3.8, 4) is 0 Å². The van der Waals surface area contributed by atoms with Gasteiger partial charge < -0.3 is 4.74 Å². The smallest absolute Gasteiger partial charge is 0.319 e. The van der Waals surface area contributed by atoms with Crippen LogP contribution in [0.3, 0.4) is 0 Å². The summed E-state index contributed by atoms with van der Waals surface area (Å²) in [6.07, 6.45) is 3.17. The van der Waals surface area contributed by atoms with Crippen molar-refractivity contribution in [2.45, 2.75) is 25.2 Å². The highest BCUT2D eigenvalue weighted by Crippen LogP contribution is 2.48. The van der Waals surface area contributed by atoms with Gasteiger partial charge in [-0.05, 0) is 19.8 Å². The Labute approximate surface area is 97.6 Å². The minimum Gasteiger partial charge on any atom is -0.468 e. The van der Waals surface area contributed by atoms with Gasteiger partial charge in [-0.3, -0.25) is 9.20 Å². The molecule has 1 fully saturated rings. The summed E-state index contributed by atoms with van der Waals surface area (Å²) in [4.78, 5) is 16.0. The van der Waals surface area contributed by atoms with E-state index in [1.807, 2.05) is 13.0 Å². The van der Waals surface area contributed by atoms with Gasteiger partial charge >= 0.3 is 5.97 Å². The third-order valence-electron chi connectivity index (χ3n) is 3.19. The Hall–Kier alpha value is -1.98. The van der Waals surface area contributed by atoms with Crippen LogP contribution in [0.25, 0.3) is 5.65 Å². The van der Waals surface area contributed by atoms with Crippen molar-refractivity contribution in [2.24, 2.45) is 0 Å². The molecule has 0 unspecified atom stereocenters. The summed E-state index contributed by atoms with van der Waals surface area (Å²) in [6.45, 7) is 1.89. The number of hydrogen-bond acceptors (Lipinski definition) is 5. The zero-order chi connectivity index (χ0) is 12.0. The molecule has 6 heteroatoms. The molecule has 0 saturated heterocycles. The molecule has 0 aliphatic heterocycles. The number of ether oxygens (including phenoxy) is 1. The monoisotopic (exact) mass is 232 g/mol. The second kappa shape index (κ2) is 3.26. The van der Waals surface area contributed by atoms with E-state index >= 15 is 0 Å². The minimum absolute atomic E-state index is 0.243. The van der Waals surface area contributed by atoms with Crippen molar-refractivity contribution in [3.05, 3.63) is 23.9 Å². The predicted octanol–water partition coefficient (Wildman–Crippen LogP) is 0.637. The van der Waals surface area contributed by atoms with Crippen molar-refractivity contribution in [1.29, 1.82) is 0 Å². The Morgan fingerprint density at radius 1 is 1.47 bits per heavy atom. The lowest BCUT2D eigenvalue weighted by Gasteiger charge is -2.09. The maximum atomic E-state index is 11.8. The van der Waals surface area contributed by atoms with Gasteiger partial charge in [-0.1, -0.05) is 0 Å². The minimum atomic E-state index is -0.606. The van der Waals surface area contributed by atoms with Gasteiger partial charge in [-0.2, -0.15) is 0 Å². The van der Waals surface area contributed by atoms with Crippen molar-refractivity contribution >= 4 is 11.6 Å². The Morgan fingerprint density at radius 3 is 2.88 bits per heavy atom. The molecule has 0 radical (unpaired) electrons. The number of carbonyl (C=O) groups excluding carboxylic acids is 1. The average Bonchev–Trinajstić information content (AvgIpc) is 3.03. The summed E-state index contributed by atoms with van der Waals surface area (Å²) in [5.41, 5.74) is 0.979. The van der Waals surface area contributed by atoms with E-state index in [2.05, 4.69) is 15.2 Å². The first-order valence-corrected chi connectivity index (χ1v) is 5.44. The predicted molar refractivity (Wildman–Crippen MR) is 58.4 cm³/mol. The maximum absolute atomic E-state index is 11.8. The van der Waals surface area contributed by atoms with Crippen LogP contribution in [-0.4, -0.2) is 32.7 Å². The molecule has 1 aliphatic rings. The molecule has 0 atom stereocenters. The van der Waals surface area contributed by atoms with Crippen LogP contribution in [0.2, 0.25) is 0 Å². The summed E-state index contributed by atoms with van der Waals surface area (Å²) in [5, 5.41) is 8.18. The van der Waals surface area contributed by atoms with Gasteiger partial charge in [0.2, 0.25) is 0 Å². The molecule has 0 bridgehead atoms. The third kappa shape index (κ3) is 1.33. The van der Waals surface area contributed by atoms with Gasteiger partial charge in [0.15, 0.2) is 11.5 Å². The second-order valence-corrected chi connectivity index (χ2v) is 4.36. The van der Waals surface area contributed by atoms with E-state index in [0.29, 0.717) is 11.5 Å². The van der Waals surface area contributed by atoms with E-state index in [-0.39, 0.29) is 5.97 Å². The number of esters is 1. The molecule has 2 aromatic heterocycles. The molecule has 2 aromatic rings. The average molecular weight is 232 g/mol. The van der Waals surface area contributed by atoms with E-state index in [0.717, 1.165) is 18.5 Å². The first-order chi connectivity index (χ1) is 8.17. The largest absolute Gasteiger partial charge is 0.468 e. The quantitative estimate of drug-likeness (QED) is 0.710. The molecule has 0 spiro atoms. The van der Waals surface area contributed by atoms with Crippen LogP contribution in [0.15, 0.2) is 12.4 Å². The molecule has 0 amide bonds. The molecular formula is C11H12N4O2. The number of carbonyl (C=O) groups is 1. The van der Waals surface area contributed by atoms with Crippen LogP contribution in [0, 0.1) is 6.92 Å². The van der Waals surface area contributed by atoms with Crippen molar-refractivity contribution in [1.82, 2.24) is 19.6 Å². The van der Waals surface area contributed by atoms with E-state index in [4.69, 9.17) is 4.74 Å². The van der Waals surface area contributed by atoms with Gasteiger partial charge in [0.1, 0.15) is 11.7 Å². The highest BCUT2D eigenvalue weighted by Gasteiger charge is 2.56. The Morgan fingerprint density at radius 2 is 2.24 bits per heavy atom. The number of fused-ring (bicyclic) bond motifs is 1. The number of rotatable bonds is 2. The first-order valence-electron chi connectivity index (χ1n) is 5.44. The third-order valence-corrected chi connectivity index (χ3v) is 3.19. The fourth-order valence-corrected chi connectivity index (χ4v) is 2.05. The van der Waals surface area contributed by atoms with Gasteiger partial charge in [-0.25, -0.2) is 4.98 Å². The van der Waals surface area contributed by atoms with Crippen LogP contribution in [0.4, 0.5) is 0 Å². The zero-order valence-corrected chi connectivity index (χ0v) is 9.67. The summed E-state index contributed by atoms with van der Waals surface area (Å²) >= 11 is 0. The number of methoxy groups -OCH3 is 1. The summed E-state index contributed by atoms with van der Waals surface area (Å²) in [7, 11) is 1.40. The molecule has 1 saturated carbocycles. The molecule has 88 valence electrons. The Kier molecular flexibility index (Phi) is 1.95. The van der Waals surface area contributed by atoms with Gasteiger partial charge in [-0.15, -0.1) is 10.2 Å². The Bertz CT molecular complexity index is 601. The lowest BCUT2D eigenvalue weighted by atomic mass is 10.1. The van der Waals surface area contributed by atoms with Crippen LogP contribution >= 0.6 is 0 Å². The topological polar surface area (TPSA) is 69.4 Å². The lowest BCUT2D eigenvalue weighted by molar-refractivity contribution is -0.143. The zero-order valence-electron chi connectivity index (χ0n) is 9.67. The van der Waals surface area contributed by atoms with Crippen molar-refractivity contribution < 1.29 is 9.53 Å². The number of aromatic nitrogens is 4. The standard InChI is InChI=1S/C11H12N4O2/c1-7-5-8-13-14-9(15(8)6-12-7)11(3-4-11)10(16)17-2/h5-6H,3-4H2,1-2H3. The Balaban J connectivity index is 2.16. The highest BCUT2D eigenvalue weighted by atomic mass is 16.5. The molecule has 6 nitrogen and oxygen atoms in total. The maximum Gasteiger partial charge on any atom is 0.319 e. The van der Waals surface area contributed by atoms with Crippen LogP contribution in [0.1, 0.15) is 24.4 Å². The SMILES string of the molecule is COC(=O)C1(c2nnc3cc(C)ncn23)CC1. The molecule has 3 rings (SSSR count). The molecule has 0 aromatic carbocycles. The van der Waals surface area contributed by atoms with Crippen molar-refractivity contribution in [2.75, 3.05) is 7.11 Å². The first kappa shape index (κ1) is 10.2. The lowest BCUT2D eigenvalue weighted by Crippen LogP contribution is -2.24. The van der Waals surface area contributed by atoms with Crippen LogP contribution in [0.5, 0.6) is 0 Å². The number of nitrogens with zero attached hydrogens (tertiary/aromatic N) is 4. The summed E-state index contributed by atoms with van der Waals surface area (Å²) in [5.74, 6) is 0.388. The molecule has 1 aliphatic carbocycles. The summed E-state index contributed by atoms with van der Waals surface area (Å²) in [6, 6.07) is 1.84. The fourth-order valence-electron chi connectivity index (χ4n) is 2.05. The number of hydrogen-bond donors (Lipinski definition) is 0. The van der Waals surface area contributed by atoms with E-state index in [1.54, 1.807) is 10.7 Å². The van der Waals surface area contributed by atoms with Gasteiger partial charge in [0.05, 0.1) is 7.11 Å².